The van der Waals surface area contributed by atoms with Crippen LogP contribution in [0.15, 0.2) is 66.8 Å². The molecule has 0 saturated heterocycles. The van der Waals surface area contributed by atoms with E-state index in [1.165, 1.54) is 25.1 Å². The standard InChI is InChI=1S/C35H45ClN2O7/c1-22(2)18-32(25(5)39)45-35(44)24(4)21-37-34(43)29(20-27-16-17-31(41)28(36)19-27)38-33(42)13-9-12-30(40)23(3)14-15-26-10-7-6-8-11-26/h6-11,13-17,19,22-24,29-30,32,40-41H,12,18,20-21H2,1-5H3,(H,37,43)(H,38,42)/b13-9+,15-14+/t23-,24-,29-,30+,32+/m1/s1. The number of Topliss-reactive ketones (excluding diaryl/α,β-unsaturated/α-hetero) is 1. The Labute approximate surface area is 270 Å². The Morgan fingerprint density at radius 3 is 2.33 bits per heavy atom. The smallest absolute Gasteiger partial charge is 0.311 e. The summed E-state index contributed by atoms with van der Waals surface area (Å²) in [5, 5.41) is 25.7. The Balaban J connectivity index is 2.03. The molecule has 0 aromatic heterocycles. The van der Waals surface area contributed by atoms with E-state index in [0.29, 0.717) is 12.0 Å². The monoisotopic (exact) mass is 640 g/mol. The van der Waals surface area contributed by atoms with Crippen LogP contribution in [0.25, 0.3) is 6.08 Å². The van der Waals surface area contributed by atoms with E-state index in [0.717, 1.165) is 5.56 Å². The topological polar surface area (TPSA) is 142 Å². The number of phenols is 1. The van der Waals surface area contributed by atoms with E-state index in [4.69, 9.17) is 16.3 Å². The predicted octanol–water partition coefficient (Wildman–Crippen LogP) is 5.03. The summed E-state index contributed by atoms with van der Waals surface area (Å²) < 4.78 is 5.40. The van der Waals surface area contributed by atoms with E-state index >= 15 is 0 Å². The molecule has 0 unspecified atom stereocenters. The van der Waals surface area contributed by atoms with Crippen molar-refractivity contribution in [2.45, 2.75) is 72.1 Å². The first-order chi connectivity index (χ1) is 21.3. The molecule has 244 valence electrons. The number of esters is 1. The van der Waals surface area contributed by atoms with E-state index in [-0.39, 0.29) is 47.8 Å². The van der Waals surface area contributed by atoms with E-state index < -0.39 is 42.0 Å². The molecular weight excluding hydrogens is 596 g/mol. The third kappa shape index (κ3) is 13.7. The van der Waals surface area contributed by atoms with Crippen molar-refractivity contribution in [1.29, 1.82) is 0 Å². The first-order valence-electron chi connectivity index (χ1n) is 15.1. The van der Waals surface area contributed by atoms with Crippen molar-refractivity contribution in [3.8, 4) is 5.75 Å². The lowest BCUT2D eigenvalue weighted by Crippen LogP contribution is -2.49. The van der Waals surface area contributed by atoms with Gasteiger partial charge in [-0.05, 0) is 55.0 Å². The lowest BCUT2D eigenvalue weighted by Gasteiger charge is -2.21. The molecule has 4 N–H and O–H groups in total. The lowest BCUT2D eigenvalue weighted by molar-refractivity contribution is -0.159. The van der Waals surface area contributed by atoms with Gasteiger partial charge in [-0.15, -0.1) is 0 Å². The quantitative estimate of drug-likeness (QED) is 0.140. The van der Waals surface area contributed by atoms with Crippen LogP contribution in [-0.4, -0.2) is 58.6 Å². The van der Waals surface area contributed by atoms with Crippen molar-refractivity contribution in [2.24, 2.45) is 17.8 Å². The maximum atomic E-state index is 13.2. The molecule has 0 radical (unpaired) electrons. The van der Waals surface area contributed by atoms with Gasteiger partial charge in [0.1, 0.15) is 11.8 Å². The Hall–Kier alpha value is -3.95. The first kappa shape index (κ1) is 37.2. The molecule has 0 aliphatic rings. The molecule has 10 heteroatoms. The summed E-state index contributed by atoms with van der Waals surface area (Å²) in [7, 11) is 0. The molecule has 2 aromatic rings. The Morgan fingerprint density at radius 2 is 1.71 bits per heavy atom. The number of hydrogen-bond donors (Lipinski definition) is 4. The molecule has 0 spiro atoms. The van der Waals surface area contributed by atoms with Crippen molar-refractivity contribution >= 4 is 41.2 Å². The second kappa shape index (κ2) is 18.8. The van der Waals surface area contributed by atoms with Gasteiger partial charge in [0.25, 0.3) is 0 Å². The third-order valence-electron chi connectivity index (χ3n) is 7.11. The Kier molecular flexibility index (Phi) is 15.5. The van der Waals surface area contributed by atoms with Crippen molar-refractivity contribution < 1.29 is 34.1 Å². The van der Waals surface area contributed by atoms with Crippen LogP contribution in [0.5, 0.6) is 5.75 Å². The number of ether oxygens (including phenoxy) is 1. The van der Waals surface area contributed by atoms with Crippen molar-refractivity contribution in [1.82, 2.24) is 10.6 Å². The van der Waals surface area contributed by atoms with Crippen LogP contribution in [-0.2, 0) is 30.3 Å². The van der Waals surface area contributed by atoms with Crippen molar-refractivity contribution in [3.63, 3.8) is 0 Å². The Morgan fingerprint density at radius 1 is 1.02 bits per heavy atom. The highest BCUT2D eigenvalue weighted by molar-refractivity contribution is 6.32. The van der Waals surface area contributed by atoms with Crippen LogP contribution in [0.1, 0.15) is 58.6 Å². The molecule has 0 saturated carbocycles. The number of carbonyl (C=O) groups is 4. The van der Waals surface area contributed by atoms with Gasteiger partial charge in [-0.3, -0.25) is 19.2 Å². The fraction of sp³-hybridized carbons (Fsp3) is 0.429. The highest BCUT2D eigenvalue weighted by Crippen LogP contribution is 2.24. The number of carbonyl (C=O) groups excluding carboxylic acids is 4. The molecule has 0 bridgehead atoms. The molecule has 0 fully saturated rings. The van der Waals surface area contributed by atoms with Crippen LogP contribution >= 0.6 is 11.6 Å². The van der Waals surface area contributed by atoms with Crippen molar-refractivity contribution in [3.05, 3.63) is 82.9 Å². The van der Waals surface area contributed by atoms with Gasteiger partial charge >= 0.3 is 5.97 Å². The number of benzene rings is 2. The Bertz CT molecular complexity index is 1340. The number of hydrogen-bond acceptors (Lipinski definition) is 7. The zero-order valence-electron chi connectivity index (χ0n) is 26.5. The number of phenolic OH excluding ortho intramolecular Hbond substituents is 1. The molecule has 0 aliphatic heterocycles. The van der Waals surface area contributed by atoms with E-state index in [1.807, 2.05) is 63.3 Å². The minimum absolute atomic E-state index is 0.0506. The predicted molar refractivity (Wildman–Crippen MR) is 175 cm³/mol. The maximum Gasteiger partial charge on any atom is 0.311 e. The summed E-state index contributed by atoms with van der Waals surface area (Å²) in [6.07, 6.45) is 5.72. The number of rotatable bonds is 17. The third-order valence-corrected chi connectivity index (χ3v) is 7.42. The summed E-state index contributed by atoms with van der Waals surface area (Å²) >= 11 is 6.04. The summed E-state index contributed by atoms with van der Waals surface area (Å²) in [6, 6.07) is 13.1. The minimum atomic E-state index is -1.05. The number of amides is 2. The van der Waals surface area contributed by atoms with Gasteiger partial charge in [0.05, 0.1) is 17.0 Å². The molecular formula is C35H45ClN2O7. The molecule has 5 atom stereocenters. The molecule has 2 amide bonds. The zero-order valence-corrected chi connectivity index (χ0v) is 27.3. The molecule has 0 heterocycles. The summed E-state index contributed by atoms with van der Waals surface area (Å²) in [5.74, 6) is -2.85. The molecule has 45 heavy (non-hydrogen) atoms. The SMILES string of the molecule is CC(=O)[C@H](CC(C)C)OC(=O)[C@H](C)CNC(=O)[C@@H](Cc1ccc(O)c(Cl)c1)NC(=O)/C=C/C[C@H](O)[C@H](C)/C=C/c1ccccc1. The number of aliphatic hydroxyl groups excluding tert-OH is 1. The first-order valence-corrected chi connectivity index (χ1v) is 15.5. The van der Waals surface area contributed by atoms with Gasteiger partial charge in [-0.25, -0.2) is 0 Å². The summed E-state index contributed by atoms with van der Waals surface area (Å²) in [5.41, 5.74) is 1.60. The fourth-order valence-electron chi connectivity index (χ4n) is 4.27. The van der Waals surface area contributed by atoms with Gasteiger partial charge in [0, 0.05) is 18.9 Å². The number of halogens is 1. The number of aliphatic hydroxyl groups is 1. The second-order valence-electron chi connectivity index (χ2n) is 11.7. The van der Waals surface area contributed by atoms with Crippen LogP contribution < -0.4 is 10.6 Å². The van der Waals surface area contributed by atoms with E-state index in [1.54, 1.807) is 19.1 Å². The number of ketones is 1. The molecule has 0 aliphatic carbocycles. The van der Waals surface area contributed by atoms with Crippen molar-refractivity contribution in [2.75, 3.05) is 6.54 Å². The fourth-order valence-corrected chi connectivity index (χ4v) is 4.47. The highest BCUT2D eigenvalue weighted by Gasteiger charge is 2.26. The average Bonchev–Trinajstić information content (AvgIpc) is 2.99. The van der Waals surface area contributed by atoms with Gasteiger partial charge in [-0.1, -0.05) is 93.9 Å². The van der Waals surface area contributed by atoms with Crippen LogP contribution in [0, 0.1) is 17.8 Å². The lowest BCUT2D eigenvalue weighted by atomic mass is 10.00. The molecule has 2 rings (SSSR count). The maximum absolute atomic E-state index is 13.2. The van der Waals surface area contributed by atoms with Gasteiger partial charge in [-0.2, -0.15) is 0 Å². The van der Waals surface area contributed by atoms with E-state index in [2.05, 4.69) is 10.6 Å². The normalized spacial score (nSPS) is 14.9. The highest BCUT2D eigenvalue weighted by atomic mass is 35.5. The largest absolute Gasteiger partial charge is 0.506 e. The molecule has 2 aromatic carbocycles. The van der Waals surface area contributed by atoms with Gasteiger partial charge in [0.15, 0.2) is 11.9 Å². The van der Waals surface area contributed by atoms with Crippen LogP contribution in [0.3, 0.4) is 0 Å². The number of aromatic hydroxyl groups is 1. The summed E-state index contributed by atoms with van der Waals surface area (Å²) in [4.78, 5) is 50.6. The minimum Gasteiger partial charge on any atom is -0.506 e. The average molecular weight is 641 g/mol. The number of nitrogens with one attached hydrogen (secondary N) is 2. The second-order valence-corrected chi connectivity index (χ2v) is 12.1. The van der Waals surface area contributed by atoms with Gasteiger partial charge in [0.2, 0.25) is 11.8 Å². The van der Waals surface area contributed by atoms with Crippen LogP contribution in [0.2, 0.25) is 5.02 Å². The van der Waals surface area contributed by atoms with Crippen LogP contribution in [0.4, 0.5) is 0 Å². The zero-order chi connectivity index (χ0) is 33.5. The van der Waals surface area contributed by atoms with Gasteiger partial charge < -0.3 is 25.6 Å². The molecule has 9 nitrogen and oxygen atoms in total. The summed E-state index contributed by atoms with van der Waals surface area (Å²) in [6.45, 7) is 8.59. The van der Waals surface area contributed by atoms with E-state index in [9.17, 15) is 29.4 Å².